The van der Waals surface area contributed by atoms with Gasteiger partial charge in [0.05, 0.1) is 6.54 Å². The molecule has 3 aromatic rings. The maximum Gasteiger partial charge on any atom is 0.317 e. The number of carbonyl (C=O) groups excluding carboxylic acids is 1. The number of hydrogen-bond donors (Lipinski definition) is 1. The third kappa shape index (κ3) is 3.53. The highest BCUT2D eigenvalue weighted by Crippen LogP contribution is 2.30. The van der Waals surface area contributed by atoms with Gasteiger partial charge in [-0.3, -0.25) is 0 Å². The Morgan fingerprint density at radius 3 is 2.74 bits per heavy atom. The largest absolute Gasteiger partial charge is 0.360 e. The van der Waals surface area contributed by atoms with Crippen LogP contribution in [0.2, 0.25) is 0 Å². The van der Waals surface area contributed by atoms with Gasteiger partial charge in [0, 0.05) is 30.6 Å². The van der Waals surface area contributed by atoms with Crippen LogP contribution in [-0.4, -0.2) is 22.6 Å². The summed E-state index contributed by atoms with van der Waals surface area (Å²) in [5, 5.41) is 6.90. The normalized spacial score (nSPS) is 13.3. The summed E-state index contributed by atoms with van der Waals surface area (Å²) in [6.07, 6.45) is 0.519. The van der Waals surface area contributed by atoms with Crippen LogP contribution in [-0.2, 0) is 19.5 Å². The van der Waals surface area contributed by atoms with Crippen LogP contribution in [0.5, 0.6) is 0 Å². The molecule has 0 atom stereocenters. The Kier molecular flexibility index (Phi) is 4.58. The molecule has 2 aromatic carbocycles. The van der Waals surface area contributed by atoms with E-state index in [1.165, 1.54) is 6.07 Å². The maximum atomic E-state index is 13.6. The molecule has 0 fully saturated rings. The monoisotopic (exact) mass is 369 g/mol. The third-order valence-electron chi connectivity index (χ3n) is 4.59. The van der Waals surface area contributed by atoms with Crippen molar-refractivity contribution in [1.29, 1.82) is 0 Å². The summed E-state index contributed by atoms with van der Waals surface area (Å²) in [5.41, 5.74) is 2.59. The Hall–Kier alpha value is -3.22. The van der Waals surface area contributed by atoms with Crippen molar-refractivity contribution in [1.82, 2.24) is 15.4 Å². The van der Waals surface area contributed by atoms with Gasteiger partial charge in [-0.15, -0.1) is 0 Å². The van der Waals surface area contributed by atoms with Crippen molar-refractivity contribution in [2.24, 2.45) is 0 Å². The standard InChI is InChI=1S/C20H17F2N3O2/c21-16-7-6-14(10-17(16)22)19-15-12-25(9-8-18(15)27-24-19)20(26)23-11-13-4-2-1-3-5-13/h1-7,10H,8-9,11-12H2,(H,23,26). The van der Waals surface area contributed by atoms with Crippen molar-refractivity contribution in [3.05, 3.63) is 77.1 Å². The van der Waals surface area contributed by atoms with Gasteiger partial charge in [0.2, 0.25) is 0 Å². The Morgan fingerprint density at radius 1 is 1.15 bits per heavy atom. The fourth-order valence-electron chi connectivity index (χ4n) is 3.14. The summed E-state index contributed by atoms with van der Waals surface area (Å²) in [4.78, 5) is 14.2. The second-order valence-electron chi connectivity index (χ2n) is 6.38. The van der Waals surface area contributed by atoms with E-state index in [0.717, 1.165) is 23.3 Å². The van der Waals surface area contributed by atoms with Gasteiger partial charge in [-0.25, -0.2) is 13.6 Å². The highest BCUT2D eigenvalue weighted by atomic mass is 19.2. The van der Waals surface area contributed by atoms with Crippen LogP contribution in [0.3, 0.4) is 0 Å². The molecule has 0 saturated heterocycles. The highest BCUT2D eigenvalue weighted by Gasteiger charge is 2.27. The van der Waals surface area contributed by atoms with Crippen LogP contribution >= 0.6 is 0 Å². The molecule has 5 nitrogen and oxygen atoms in total. The van der Waals surface area contributed by atoms with Crippen molar-refractivity contribution < 1.29 is 18.1 Å². The molecule has 0 aliphatic carbocycles. The van der Waals surface area contributed by atoms with Gasteiger partial charge in [0.15, 0.2) is 11.6 Å². The smallest absolute Gasteiger partial charge is 0.317 e. The fraction of sp³-hybridized carbons (Fsp3) is 0.200. The van der Waals surface area contributed by atoms with Crippen molar-refractivity contribution in [3.63, 3.8) is 0 Å². The quantitative estimate of drug-likeness (QED) is 0.762. The zero-order valence-electron chi connectivity index (χ0n) is 14.4. The number of carbonyl (C=O) groups is 1. The van der Waals surface area contributed by atoms with E-state index in [1.54, 1.807) is 4.90 Å². The number of nitrogens with zero attached hydrogens (tertiary/aromatic N) is 2. The molecule has 2 amide bonds. The van der Waals surface area contributed by atoms with E-state index < -0.39 is 11.6 Å². The average molecular weight is 369 g/mol. The van der Waals surface area contributed by atoms with Gasteiger partial charge < -0.3 is 14.7 Å². The second-order valence-corrected chi connectivity index (χ2v) is 6.38. The molecule has 1 aliphatic heterocycles. The lowest BCUT2D eigenvalue weighted by atomic mass is 10.0. The predicted molar refractivity (Wildman–Crippen MR) is 94.6 cm³/mol. The minimum absolute atomic E-state index is 0.193. The summed E-state index contributed by atoms with van der Waals surface area (Å²) in [5.74, 6) is -1.20. The fourth-order valence-corrected chi connectivity index (χ4v) is 3.14. The van der Waals surface area contributed by atoms with Crippen LogP contribution < -0.4 is 5.32 Å². The number of fused-ring (bicyclic) bond motifs is 1. The molecule has 138 valence electrons. The van der Waals surface area contributed by atoms with E-state index in [9.17, 15) is 13.6 Å². The molecule has 1 aromatic heterocycles. The first kappa shape index (κ1) is 17.2. The van der Waals surface area contributed by atoms with E-state index in [0.29, 0.717) is 43.1 Å². The minimum atomic E-state index is -0.947. The number of urea groups is 1. The number of aromatic nitrogens is 1. The van der Waals surface area contributed by atoms with Gasteiger partial charge in [-0.1, -0.05) is 35.5 Å². The molecule has 27 heavy (non-hydrogen) atoms. The summed E-state index contributed by atoms with van der Waals surface area (Å²) >= 11 is 0. The lowest BCUT2D eigenvalue weighted by molar-refractivity contribution is 0.188. The van der Waals surface area contributed by atoms with Gasteiger partial charge in [0.1, 0.15) is 11.5 Å². The molecule has 0 unspecified atom stereocenters. The van der Waals surface area contributed by atoms with E-state index in [-0.39, 0.29) is 6.03 Å². The molecule has 1 N–H and O–H groups in total. The summed E-state index contributed by atoms with van der Waals surface area (Å²) < 4.78 is 32.1. The summed E-state index contributed by atoms with van der Waals surface area (Å²) in [6, 6.07) is 13.0. The Morgan fingerprint density at radius 2 is 1.96 bits per heavy atom. The Balaban J connectivity index is 1.50. The predicted octanol–water partition coefficient (Wildman–Crippen LogP) is 3.89. The molecule has 4 rings (SSSR count). The first-order valence-corrected chi connectivity index (χ1v) is 8.61. The van der Waals surface area contributed by atoms with E-state index >= 15 is 0 Å². The highest BCUT2D eigenvalue weighted by molar-refractivity contribution is 5.75. The second kappa shape index (κ2) is 7.19. The number of halogens is 2. The first-order chi connectivity index (χ1) is 13.1. The summed E-state index contributed by atoms with van der Waals surface area (Å²) in [7, 11) is 0. The SMILES string of the molecule is O=C(NCc1ccccc1)N1CCc2onc(-c3ccc(F)c(F)c3)c2C1. The number of benzene rings is 2. The van der Waals surface area contributed by atoms with Crippen molar-refractivity contribution in [2.75, 3.05) is 6.54 Å². The van der Waals surface area contributed by atoms with E-state index in [2.05, 4.69) is 10.5 Å². The lowest BCUT2D eigenvalue weighted by Gasteiger charge is -2.26. The van der Waals surface area contributed by atoms with Crippen LogP contribution in [0.1, 0.15) is 16.9 Å². The lowest BCUT2D eigenvalue weighted by Crippen LogP contribution is -2.42. The topological polar surface area (TPSA) is 58.4 Å². The minimum Gasteiger partial charge on any atom is -0.360 e. The van der Waals surface area contributed by atoms with Crippen LogP contribution in [0.15, 0.2) is 53.1 Å². The van der Waals surface area contributed by atoms with Crippen molar-refractivity contribution in [3.8, 4) is 11.3 Å². The zero-order valence-corrected chi connectivity index (χ0v) is 14.4. The third-order valence-corrected chi connectivity index (χ3v) is 4.59. The van der Waals surface area contributed by atoms with Crippen LogP contribution in [0.4, 0.5) is 13.6 Å². The molecule has 0 bridgehead atoms. The number of hydrogen-bond acceptors (Lipinski definition) is 3. The van der Waals surface area contributed by atoms with Gasteiger partial charge >= 0.3 is 6.03 Å². The molecule has 7 heteroatoms. The van der Waals surface area contributed by atoms with E-state index in [4.69, 9.17) is 4.52 Å². The molecule has 1 aliphatic rings. The number of nitrogens with one attached hydrogen (secondary N) is 1. The van der Waals surface area contributed by atoms with Crippen molar-refractivity contribution in [2.45, 2.75) is 19.5 Å². The average Bonchev–Trinajstić information content (AvgIpc) is 3.12. The molecular weight excluding hydrogens is 352 g/mol. The summed E-state index contributed by atoms with van der Waals surface area (Å²) in [6.45, 7) is 1.23. The Labute approximate surface area is 154 Å². The van der Waals surface area contributed by atoms with E-state index in [1.807, 2.05) is 30.3 Å². The van der Waals surface area contributed by atoms with Crippen LogP contribution in [0, 0.1) is 11.6 Å². The molecular formula is C20H17F2N3O2. The van der Waals surface area contributed by atoms with Gasteiger partial charge in [-0.05, 0) is 23.8 Å². The molecule has 0 saturated carbocycles. The van der Waals surface area contributed by atoms with Crippen molar-refractivity contribution >= 4 is 6.03 Å². The maximum absolute atomic E-state index is 13.6. The van der Waals surface area contributed by atoms with Gasteiger partial charge in [-0.2, -0.15) is 0 Å². The van der Waals surface area contributed by atoms with Crippen LogP contribution in [0.25, 0.3) is 11.3 Å². The number of amides is 2. The Bertz CT molecular complexity index is 973. The molecule has 2 heterocycles. The zero-order chi connectivity index (χ0) is 18.8. The first-order valence-electron chi connectivity index (χ1n) is 8.61. The van der Waals surface area contributed by atoms with Gasteiger partial charge in [0.25, 0.3) is 0 Å². The number of rotatable bonds is 3. The molecule has 0 radical (unpaired) electrons. The molecule has 0 spiro atoms.